The van der Waals surface area contributed by atoms with E-state index in [9.17, 15) is 4.79 Å². The molecule has 3 nitrogen and oxygen atoms in total. The molecule has 0 saturated carbocycles. The number of para-hydroxylation sites is 1. The van der Waals surface area contributed by atoms with Gasteiger partial charge in [-0.2, -0.15) is 4.99 Å². The Bertz CT molecular complexity index is 1010. The molecule has 0 spiro atoms. The zero-order valence-corrected chi connectivity index (χ0v) is 14.1. The summed E-state index contributed by atoms with van der Waals surface area (Å²) in [6.07, 6.45) is 5.44. The number of hydrogen-bond donors (Lipinski definition) is 0. The zero-order valence-electron chi connectivity index (χ0n) is 11.8. The number of terminal acetylenes is 1. The van der Waals surface area contributed by atoms with E-state index >= 15 is 0 Å². The molecule has 0 saturated heterocycles. The molecule has 6 heteroatoms. The first-order valence-electron chi connectivity index (χ1n) is 6.66. The molecule has 3 rings (SSSR count). The van der Waals surface area contributed by atoms with E-state index in [0.717, 1.165) is 10.2 Å². The molecule has 0 aliphatic heterocycles. The summed E-state index contributed by atoms with van der Waals surface area (Å²) in [5.74, 6) is 2.15. The summed E-state index contributed by atoms with van der Waals surface area (Å²) in [5, 5.41) is 0.935. The van der Waals surface area contributed by atoms with Crippen LogP contribution in [0, 0.1) is 12.3 Å². The highest BCUT2D eigenvalue weighted by atomic mass is 35.5. The molecule has 1 heterocycles. The van der Waals surface area contributed by atoms with Crippen LogP contribution in [0.4, 0.5) is 0 Å². The summed E-state index contributed by atoms with van der Waals surface area (Å²) >= 11 is 13.7. The van der Waals surface area contributed by atoms with Crippen LogP contribution in [0.25, 0.3) is 10.2 Å². The monoisotopic (exact) mass is 360 g/mol. The molecule has 3 aromatic rings. The molecule has 114 valence electrons. The number of carbonyl (C=O) groups excluding carboxylic acids is 1. The number of fused-ring (bicyclic) bond motifs is 1. The van der Waals surface area contributed by atoms with E-state index in [4.69, 9.17) is 29.6 Å². The number of amides is 1. The molecule has 1 aromatic heterocycles. The van der Waals surface area contributed by atoms with E-state index in [1.807, 2.05) is 12.1 Å². The van der Waals surface area contributed by atoms with E-state index in [-0.39, 0.29) is 6.54 Å². The van der Waals surface area contributed by atoms with Crippen molar-refractivity contribution in [2.24, 2.45) is 4.99 Å². The molecular formula is C17H10Cl2N2OS. The van der Waals surface area contributed by atoms with Crippen LogP contribution in [0.1, 0.15) is 10.4 Å². The van der Waals surface area contributed by atoms with E-state index in [0.29, 0.717) is 20.4 Å². The molecule has 0 bridgehead atoms. The van der Waals surface area contributed by atoms with Crippen molar-refractivity contribution in [3.8, 4) is 12.3 Å². The van der Waals surface area contributed by atoms with Crippen molar-refractivity contribution >= 4 is 50.7 Å². The van der Waals surface area contributed by atoms with Crippen LogP contribution in [0.15, 0.2) is 47.5 Å². The summed E-state index contributed by atoms with van der Waals surface area (Å²) in [7, 11) is 0. The molecule has 0 atom stereocenters. The average molecular weight is 361 g/mol. The summed E-state index contributed by atoms with van der Waals surface area (Å²) < 4.78 is 2.68. The summed E-state index contributed by atoms with van der Waals surface area (Å²) in [6.45, 7) is 0.276. The largest absolute Gasteiger partial charge is 0.303 e. The summed E-state index contributed by atoms with van der Waals surface area (Å²) in [4.78, 5) is 17.1. The molecule has 0 radical (unpaired) electrons. The third-order valence-corrected chi connectivity index (χ3v) is 4.88. The maximum Gasteiger partial charge on any atom is 0.281 e. The number of rotatable bonds is 2. The van der Waals surface area contributed by atoms with Gasteiger partial charge in [0, 0.05) is 0 Å². The van der Waals surface area contributed by atoms with Crippen molar-refractivity contribution in [1.29, 1.82) is 0 Å². The molecule has 0 fully saturated rings. The van der Waals surface area contributed by atoms with Crippen molar-refractivity contribution in [3.63, 3.8) is 0 Å². The molecule has 1 amide bonds. The van der Waals surface area contributed by atoms with Crippen LogP contribution < -0.4 is 4.80 Å². The van der Waals surface area contributed by atoms with Gasteiger partial charge in [0.2, 0.25) is 0 Å². The van der Waals surface area contributed by atoms with Crippen molar-refractivity contribution in [3.05, 3.63) is 62.9 Å². The van der Waals surface area contributed by atoms with Crippen molar-refractivity contribution in [1.82, 2.24) is 4.57 Å². The topological polar surface area (TPSA) is 34.4 Å². The highest BCUT2D eigenvalue weighted by Gasteiger charge is 2.12. The Kier molecular flexibility index (Phi) is 4.53. The lowest BCUT2D eigenvalue weighted by molar-refractivity contribution is 0.0998. The standard InChI is InChI=1S/C17H10Cl2N2OS/c1-2-10-21-15-13(19)8-5-9-14(15)23-17(21)20-16(22)11-6-3-4-7-12(11)18/h1,3-9H,10H2. The lowest BCUT2D eigenvalue weighted by Crippen LogP contribution is -2.16. The predicted octanol–water partition coefficient (Wildman–Crippen LogP) is 4.38. The lowest BCUT2D eigenvalue weighted by Gasteiger charge is -2.02. The second-order valence-electron chi connectivity index (χ2n) is 4.66. The molecule has 0 unspecified atom stereocenters. The van der Waals surface area contributed by atoms with Gasteiger partial charge < -0.3 is 4.57 Å². The number of thiazole rings is 1. The number of halogens is 2. The molecule has 0 aliphatic carbocycles. The number of benzene rings is 2. The first-order valence-corrected chi connectivity index (χ1v) is 8.24. The van der Waals surface area contributed by atoms with Crippen LogP contribution >= 0.6 is 34.5 Å². The Hall–Kier alpha value is -2.06. The fourth-order valence-corrected chi connectivity index (χ4v) is 3.80. The second kappa shape index (κ2) is 6.59. The SMILES string of the molecule is C#CCn1c(=NC(=O)c2ccccc2Cl)sc2cccc(Cl)c21. The van der Waals surface area contributed by atoms with Gasteiger partial charge in [-0.05, 0) is 24.3 Å². The minimum atomic E-state index is -0.413. The highest BCUT2D eigenvalue weighted by Crippen LogP contribution is 2.25. The highest BCUT2D eigenvalue weighted by molar-refractivity contribution is 7.16. The van der Waals surface area contributed by atoms with Gasteiger partial charge in [0.15, 0.2) is 4.80 Å². The molecular weight excluding hydrogens is 351 g/mol. The van der Waals surface area contributed by atoms with E-state index < -0.39 is 5.91 Å². The third-order valence-electron chi connectivity index (χ3n) is 3.20. The van der Waals surface area contributed by atoms with Gasteiger partial charge in [0.25, 0.3) is 5.91 Å². The van der Waals surface area contributed by atoms with Crippen molar-refractivity contribution in [2.75, 3.05) is 0 Å². The van der Waals surface area contributed by atoms with Gasteiger partial charge in [-0.25, -0.2) is 0 Å². The smallest absolute Gasteiger partial charge is 0.281 e. The molecule has 0 aliphatic rings. The zero-order chi connectivity index (χ0) is 16.4. The second-order valence-corrected chi connectivity index (χ2v) is 6.48. The quantitative estimate of drug-likeness (QED) is 0.624. The van der Waals surface area contributed by atoms with Gasteiger partial charge in [0.05, 0.1) is 32.4 Å². The Labute approximate surface area is 146 Å². The number of aromatic nitrogens is 1. The normalized spacial score (nSPS) is 11.6. The van der Waals surface area contributed by atoms with Gasteiger partial charge in [-0.15, -0.1) is 6.42 Å². The Morgan fingerprint density at radius 1 is 1.17 bits per heavy atom. The maximum absolute atomic E-state index is 12.4. The van der Waals surface area contributed by atoms with E-state index in [2.05, 4.69) is 10.9 Å². The number of carbonyl (C=O) groups is 1. The van der Waals surface area contributed by atoms with Crippen LogP contribution in [-0.2, 0) is 6.54 Å². The Balaban J connectivity index is 2.22. The fraction of sp³-hybridized carbons (Fsp3) is 0.0588. The molecule has 0 N–H and O–H groups in total. The third kappa shape index (κ3) is 3.04. The lowest BCUT2D eigenvalue weighted by atomic mass is 10.2. The Morgan fingerprint density at radius 3 is 2.65 bits per heavy atom. The number of hydrogen-bond acceptors (Lipinski definition) is 2. The minimum Gasteiger partial charge on any atom is -0.303 e. The average Bonchev–Trinajstić information content (AvgIpc) is 2.87. The van der Waals surface area contributed by atoms with Gasteiger partial charge >= 0.3 is 0 Å². The maximum atomic E-state index is 12.4. The van der Waals surface area contributed by atoms with Crippen LogP contribution in [0.3, 0.4) is 0 Å². The predicted molar refractivity (Wildman–Crippen MR) is 95.0 cm³/mol. The van der Waals surface area contributed by atoms with Crippen molar-refractivity contribution < 1.29 is 4.79 Å². The fourth-order valence-electron chi connectivity index (χ4n) is 2.19. The van der Waals surface area contributed by atoms with Crippen LogP contribution in [-0.4, -0.2) is 10.5 Å². The van der Waals surface area contributed by atoms with Crippen LogP contribution in [0.5, 0.6) is 0 Å². The van der Waals surface area contributed by atoms with E-state index in [1.165, 1.54) is 11.3 Å². The molecule has 23 heavy (non-hydrogen) atoms. The van der Waals surface area contributed by atoms with Gasteiger partial charge in [-0.1, -0.05) is 58.7 Å². The summed E-state index contributed by atoms with van der Waals surface area (Å²) in [6, 6.07) is 12.3. The van der Waals surface area contributed by atoms with Crippen molar-refractivity contribution in [2.45, 2.75) is 6.54 Å². The summed E-state index contributed by atoms with van der Waals surface area (Å²) in [5.41, 5.74) is 1.13. The van der Waals surface area contributed by atoms with Gasteiger partial charge in [0.1, 0.15) is 0 Å². The van der Waals surface area contributed by atoms with E-state index in [1.54, 1.807) is 34.9 Å². The number of nitrogens with zero attached hydrogens (tertiary/aromatic N) is 2. The first kappa shape index (κ1) is 15.8. The van der Waals surface area contributed by atoms with Crippen LogP contribution in [0.2, 0.25) is 10.0 Å². The molecule has 2 aromatic carbocycles. The van der Waals surface area contributed by atoms with Gasteiger partial charge in [-0.3, -0.25) is 4.79 Å². The minimum absolute atomic E-state index is 0.276. The Morgan fingerprint density at radius 2 is 1.91 bits per heavy atom. The first-order chi connectivity index (χ1) is 11.1.